The van der Waals surface area contributed by atoms with Crippen molar-refractivity contribution in [1.82, 2.24) is 14.8 Å². The number of rotatable bonds is 2. The lowest BCUT2D eigenvalue weighted by Gasteiger charge is -2.12. The van der Waals surface area contributed by atoms with E-state index in [0.29, 0.717) is 16.8 Å². The van der Waals surface area contributed by atoms with Crippen molar-refractivity contribution in [1.29, 1.82) is 0 Å². The largest absolute Gasteiger partial charge is 0.279 e. The van der Waals surface area contributed by atoms with Crippen LogP contribution in [0.5, 0.6) is 0 Å². The van der Waals surface area contributed by atoms with Gasteiger partial charge in [0, 0.05) is 11.8 Å². The second-order valence-electron chi connectivity index (χ2n) is 5.18. The van der Waals surface area contributed by atoms with Gasteiger partial charge in [0.2, 0.25) is 0 Å². The molecule has 3 rings (SSSR count). The third-order valence-corrected chi connectivity index (χ3v) is 3.82. The van der Waals surface area contributed by atoms with E-state index in [2.05, 4.69) is 16.8 Å². The first-order valence-electron chi connectivity index (χ1n) is 6.61. The van der Waals surface area contributed by atoms with E-state index in [4.69, 9.17) is 11.6 Å². The SMILES string of the molecule is C=C(C)c1cn(-c2c(Cl)n[nH]c2C)c(=O)c2cc(F)ccc12. The van der Waals surface area contributed by atoms with Crippen LogP contribution in [0.4, 0.5) is 4.39 Å². The first-order chi connectivity index (χ1) is 10.4. The zero-order chi connectivity index (χ0) is 16.0. The molecule has 0 aliphatic rings. The van der Waals surface area contributed by atoms with Gasteiger partial charge in [-0.3, -0.25) is 14.5 Å². The zero-order valence-electron chi connectivity index (χ0n) is 12.1. The fraction of sp³-hybridized carbons (Fsp3) is 0.125. The number of nitrogens with zero attached hydrogens (tertiary/aromatic N) is 2. The Morgan fingerprint density at radius 2 is 2.14 bits per heavy atom. The molecule has 0 fully saturated rings. The molecule has 3 aromatic rings. The van der Waals surface area contributed by atoms with Crippen LogP contribution in [0.2, 0.25) is 5.15 Å². The van der Waals surface area contributed by atoms with Gasteiger partial charge in [0.05, 0.1) is 11.1 Å². The van der Waals surface area contributed by atoms with Gasteiger partial charge < -0.3 is 0 Å². The number of aromatic amines is 1. The lowest BCUT2D eigenvalue weighted by molar-refractivity contribution is 0.629. The Morgan fingerprint density at radius 1 is 1.41 bits per heavy atom. The molecule has 0 aliphatic heterocycles. The average molecular weight is 318 g/mol. The minimum absolute atomic E-state index is 0.183. The van der Waals surface area contributed by atoms with Crippen molar-refractivity contribution < 1.29 is 4.39 Å². The number of nitrogens with one attached hydrogen (secondary N) is 1. The number of allylic oxidation sites excluding steroid dienone is 1. The molecular weight excluding hydrogens is 305 g/mol. The topological polar surface area (TPSA) is 50.7 Å². The Morgan fingerprint density at radius 3 is 2.73 bits per heavy atom. The third-order valence-electron chi connectivity index (χ3n) is 3.55. The van der Waals surface area contributed by atoms with Gasteiger partial charge in [-0.05, 0) is 36.9 Å². The zero-order valence-corrected chi connectivity index (χ0v) is 12.8. The molecule has 6 heteroatoms. The minimum Gasteiger partial charge on any atom is -0.279 e. The summed E-state index contributed by atoms with van der Waals surface area (Å²) in [5.41, 5.74) is 2.27. The summed E-state index contributed by atoms with van der Waals surface area (Å²) in [6, 6.07) is 4.14. The van der Waals surface area contributed by atoms with Crippen LogP contribution in [0.25, 0.3) is 22.0 Å². The number of hydrogen-bond donors (Lipinski definition) is 1. The number of halogens is 2. The van der Waals surface area contributed by atoms with E-state index >= 15 is 0 Å². The molecule has 0 saturated carbocycles. The average Bonchev–Trinajstić information content (AvgIpc) is 2.79. The Kier molecular flexibility index (Phi) is 3.37. The maximum Gasteiger partial charge on any atom is 0.263 e. The van der Waals surface area contributed by atoms with E-state index in [1.807, 2.05) is 6.92 Å². The molecule has 0 atom stereocenters. The lowest BCUT2D eigenvalue weighted by atomic mass is 10.0. The Balaban J connectivity index is 2.49. The van der Waals surface area contributed by atoms with Crippen molar-refractivity contribution >= 4 is 27.9 Å². The molecule has 0 amide bonds. The molecule has 2 aromatic heterocycles. The number of fused-ring (bicyclic) bond motifs is 1. The summed E-state index contributed by atoms with van der Waals surface area (Å²) in [6.07, 6.45) is 1.66. The van der Waals surface area contributed by atoms with E-state index in [1.54, 1.807) is 19.2 Å². The minimum atomic E-state index is -0.468. The van der Waals surface area contributed by atoms with Crippen LogP contribution in [0.15, 0.2) is 35.8 Å². The molecule has 2 heterocycles. The number of pyridine rings is 1. The Hall–Kier alpha value is -2.40. The molecule has 1 aromatic carbocycles. The number of aromatic nitrogens is 3. The molecule has 0 unspecified atom stereocenters. The number of benzene rings is 1. The summed E-state index contributed by atoms with van der Waals surface area (Å²) in [6.45, 7) is 7.52. The summed E-state index contributed by atoms with van der Waals surface area (Å²) in [7, 11) is 0. The first kappa shape index (κ1) is 14.5. The monoisotopic (exact) mass is 317 g/mol. The maximum absolute atomic E-state index is 13.6. The Labute approximate surface area is 130 Å². The van der Waals surface area contributed by atoms with E-state index in [9.17, 15) is 9.18 Å². The van der Waals surface area contributed by atoms with Crippen molar-refractivity contribution in [3.8, 4) is 5.69 Å². The Bertz CT molecular complexity index is 952. The molecule has 0 spiro atoms. The molecule has 22 heavy (non-hydrogen) atoms. The van der Waals surface area contributed by atoms with E-state index < -0.39 is 5.82 Å². The van der Waals surface area contributed by atoms with Gasteiger partial charge in [-0.15, -0.1) is 0 Å². The molecule has 0 saturated heterocycles. The lowest BCUT2D eigenvalue weighted by Crippen LogP contribution is -2.19. The summed E-state index contributed by atoms with van der Waals surface area (Å²) >= 11 is 6.07. The molecule has 4 nitrogen and oxygen atoms in total. The molecule has 112 valence electrons. The van der Waals surface area contributed by atoms with Gasteiger partial charge in [-0.25, -0.2) is 4.39 Å². The van der Waals surface area contributed by atoms with Crippen molar-refractivity contribution in [2.45, 2.75) is 13.8 Å². The van der Waals surface area contributed by atoms with Crippen LogP contribution in [0.3, 0.4) is 0 Å². The van der Waals surface area contributed by atoms with Crippen molar-refractivity contribution in [2.24, 2.45) is 0 Å². The fourth-order valence-electron chi connectivity index (χ4n) is 2.50. The molecule has 0 aliphatic carbocycles. The predicted molar refractivity (Wildman–Crippen MR) is 86.1 cm³/mol. The predicted octanol–water partition coefficient (Wildman–Crippen LogP) is 3.85. The van der Waals surface area contributed by atoms with Crippen molar-refractivity contribution in [3.63, 3.8) is 0 Å². The second kappa shape index (κ2) is 5.10. The smallest absolute Gasteiger partial charge is 0.263 e. The van der Waals surface area contributed by atoms with E-state index in [0.717, 1.165) is 11.1 Å². The van der Waals surface area contributed by atoms with Crippen LogP contribution >= 0.6 is 11.6 Å². The van der Waals surface area contributed by atoms with Crippen LogP contribution in [-0.4, -0.2) is 14.8 Å². The number of hydrogen-bond acceptors (Lipinski definition) is 2. The van der Waals surface area contributed by atoms with Gasteiger partial charge in [-0.2, -0.15) is 5.10 Å². The van der Waals surface area contributed by atoms with Gasteiger partial charge in [0.15, 0.2) is 5.15 Å². The molecular formula is C16H13ClFN3O. The van der Waals surface area contributed by atoms with Crippen LogP contribution in [0.1, 0.15) is 18.2 Å². The summed E-state index contributed by atoms with van der Waals surface area (Å²) in [4.78, 5) is 12.7. The fourth-order valence-corrected chi connectivity index (χ4v) is 2.77. The normalized spacial score (nSPS) is 11.1. The molecule has 1 N–H and O–H groups in total. The van der Waals surface area contributed by atoms with Crippen LogP contribution in [0, 0.1) is 12.7 Å². The molecule has 0 radical (unpaired) electrons. The second-order valence-corrected chi connectivity index (χ2v) is 5.53. The summed E-state index contributed by atoms with van der Waals surface area (Å²) in [5, 5.41) is 7.74. The van der Waals surface area contributed by atoms with Crippen LogP contribution < -0.4 is 5.56 Å². The third kappa shape index (κ3) is 2.14. The number of H-pyrrole nitrogens is 1. The summed E-state index contributed by atoms with van der Waals surface area (Å²) < 4.78 is 14.9. The van der Waals surface area contributed by atoms with Gasteiger partial charge in [0.1, 0.15) is 11.5 Å². The standard InChI is InChI=1S/C16H13ClFN3O/c1-8(2)13-7-21(14-9(3)19-20-15(14)17)16(22)12-6-10(18)4-5-11(12)13/h4-7H,1H2,2-3H3,(H,19,20). The van der Waals surface area contributed by atoms with Crippen LogP contribution in [-0.2, 0) is 0 Å². The molecule has 0 bridgehead atoms. The highest BCUT2D eigenvalue weighted by molar-refractivity contribution is 6.31. The quantitative estimate of drug-likeness (QED) is 0.780. The summed E-state index contributed by atoms with van der Waals surface area (Å²) in [5.74, 6) is -0.468. The maximum atomic E-state index is 13.6. The highest BCUT2D eigenvalue weighted by Gasteiger charge is 2.16. The highest BCUT2D eigenvalue weighted by atomic mass is 35.5. The van der Waals surface area contributed by atoms with Crippen molar-refractivity contribution in [3.05, 3.63) is 63.6 Å². The van der Waals surface area contributed by atoms with E-state index in [-0.39, 0.29) is 16.1 Å². The first-order valence-corrected chi connectivity index (χ1v) is 6.99. The van der Waals surface area contributed by atoms with Gasteiger partial charge >= 0.3 is 0 Å². The van der Waals surface area contributed by atoms with Gasteiger partial charge in [-0.1, -0.05) is 24.2 Å². The number of aryl methyl sites for hydroxylation is 1. The highest BCUT2D eigenvalue weighted by Crippen LogP contribution is 2.26. The van der Waals surface area contributed by atoms with Crippen molar-refractivity contribution in [2.75, 3.05) is 0 Å². The van der Waals surface area contributed by atoms with Gasteiger partial charge in [0.25, 0.3) is 5.56 Å². The van der Waals surface area contributed by atoms with E-state index in [1.165, 1.54) is 16.7 Å².